The molecule has 2 saturated heterocycles. The van der Waals surface area contributed by atoms with Gasteiger partial charge in [-0.3, -0.25) is 9.36 Å². The van der Waals surface area contributed by atoms with E-state index >= 15 is 0 Å². The van der Waals surface area contributed by atoms with E-state index in [9.17, 15) is 4.79 Å². The van der Waals surface area contributed by atoms with Gasteiger partial charge in [0.15, 0.2) is 5.16 Å². The van der Waals surface area contributed by atoms with Crippen molar-refractivity contribution in [3.8, 4) is 11.4 Å². The maximum Gasteiger partial charge on any atom is 0.233 e. The minimum atomic E-state index is 0.186. The molecule has 0 saturated carbocycles. The number of piperazine rings is 1. The van der Waals surface area contributed by atoms with Crippen LogP contribution in [0.15, 0.2) is 41.8 Å². The summed E-state index contributed by atoms with van der Waals surface area (Å²) in [5, 5.41) is 0.814. The lowest BCUT2D eigenvalue weighted by molar-refractivity contribution is -0.906. The second-order valence-electron chi connectivity index (χ2n) is 7.54. The number of nitrogens with one attached hydrogen (secondary N) is 1. The van der Waals surface area contributed by atoms with Gasteiger partial charge >= 0.3 is 0 Å². The highest BCUT2D eigenvalue weighted by atomic mass is 32.2. The molecule has 1 aromatic carbocycles. The molecule has 7 nitrogen and oxygen atoms in total. The standard InChI is InChI=1S/C21H28N4O3S/c1-27-18-5-2-4-17(14-18)25-8-7-22-21(25)29-16-20(26)24-11-9-23(10-12-24)15-19-6-3-13-28-19/h2,4-5,7-8,14,19H,3,6,9-13,15-16H2,1H3/p+1/t19-/m1/s1. The van der Waals surface area contributed by atoms with Crippen molar-refractivity contribution in [2.45, 2.75) is 24.1 Å². The highest BCUT2D eigenvalue weighted by molar-refractivity contribution is 7.99. The number of hydrogen-bond donors (Lipinski definition) is 1. The van der Waals surface area contributed by atoms with Crippen molar-refractivity contribution in [1.29, 1.82) is 0 Å². The maximum absolute atomic E-state index is 12.7. The lowest BCUT2D eigenvalue weighted by atomic mass is 10.2. The van der Waals surface area contributed by atoms with Crippen LogP contribution in [0.1, 0.15) is 12.8 Å². The molecule has 0 bridgehead atoms. The van der Waals surface area contributed by atoms with Crippen molar-refractivity contribution < 1.29 is 19.2 Å². The predicted molar refractivity (Wildman–Crippen MR) is 112 cm³/mol. The number of carbonyl (C=O) groups is 1. The van der Waals surface area contributed by atoms with Crippen molar-refractivity contribution in [3.05, 3.63) is 36.7 Å². The van der Waals surface area contributed by atoms with Crippen LogP contribution in [-0.2, 0) is 9.53 Å². The van der Waals surface area contributed by atoms with E-state index in [1.165, 1.54) is 24.6 Å². The Bertz CT molecular complexity index is 814. The number of thioether (sulfide) groups is 1. The Morgan fingerprint density at radius 1 is 1.38 bits per heavy atom. The quantitative estimate of drug-likeness (QED) is 0.678. The summed E-state index contributed by atoms with van der Waals surface area (Å²) in [6.07, 6.45) is 6.46. The number of amides is 1. The second kappa shape index (κ2) is 9.65. The molecule has 2 fully saturated rings. The molecule has 0 unspecified atom stereocenters. The summed E-state index contributed by atoms with van der Waals surface area (Å²) in [5.74, 6) is 1.39. The summed E-state index contributed by atoms with van der Waals surface area (Å²) >= 11 is 1.48. The van der Waals surface area contributed by atoms with E-state index in [-0.39, 0.29) is 5.91 Å². The number of hydrogen-bond acceptors (Lipinski definition) is 5. The van der Waals surface area contributed by atoms with Gasteiger partial charge in [0.25, 0.3) is 0 Å². The van der Waals surface area contributed by atoms with E-state index in [1.54, 1.807) is 18.2 Å². The Morgan fingerprint density at radius 2 is 2.24 bits per heavy atom. The van der Waals surface area contributed by atoms with Crippen molar-refractivity contribution in [2.24, 2.45) is 0 Å². The normalized spacial score (nSPS) is 20.2. The van der Waals surface area contributed by atoms with Gasteiger partial charge in [-0.05, 0) is 25.0 Å². The number of nitrogens with zero attached hydrogens (tertiary/aromatic N) is 3. The van der Waals surface area contributed by atoms with Crippen LogP contribution >= 0.6 is 11.8 Å². The Labute approximate surface area is 176 Å². The molecule has 1 amide bonds. The van der Waals surface area contributed by atoms with E-state index in [4.69, 9.17) is 9.47 Å². The zero-order valence-electron chi connectivity index (χ0n) is 16.9. The zero-order valence-corrected chi connectivity index (χ0v) is 17.7. The Balaban J connectivity index is 1.28. The summed E-state index contributed by atoms with van der Waals surface area (Å²) in [4.78, 5) is 20.7. The average molecular weight is 418 g/mol. The van der Waals surface area contributed by atoms with Crippen LogP contribution in [0, 0.1) is 0 Å². The first kappa shape index (κ1) is 20.3. The SMILES string of the molecule is COc1cccc(-n2ccnc2SCC(=O)N2CC[NH+](C[C@H]3CCCO3)CC2)c1. The Morgan fingerprint density at radius 3 is 3.00 bits per heavy atom. The van der Waals surface area contributed by atoms with Crippen LogP contribution in [-0.4, -0.2) is 78.7 Å². The number of quaternary nitrogens is 1. The minimum Gasteiger partial charge on any atom is -0.497 e. The fraction of sp³-hybridized carbons (Fsp3) is 0.524. The molecule has 4 rings (SSSR count). The van der Waals surface area contributed by atoms with Crippen LogP contribution in [0.3, 0.4) is 0 Å². The molecule has 2 aliphatic heterocycles. The highest BCUT2D eigenvalue weighted by Gasteiger charge is 2.27. The zero-order chi connectivity index (χ0) is 20.1. The Kier molecular flexibility index (Phi) is 6.74. The van der Waals surface area contributed by atoms with Crippen LogP contribution in [0.4, 0.5) is 0 Å². The third-order valence-corrected chi connectivity index (χ3v) is 6.58. The Hall–Kier alpha value is -2.03. The number of aromatic nitrogens is 2. The predicted octanol–water partition coefficient (Wildman–Crippen LogP) is 0.879. The van der Waals surface area contributed by atoms with E-state index in [1.807, 2.05) is 39.9 Å². The topological polar surface area (TPSA) is 61.0 Å². The molecule has 8 heteroatoms. The molecule has 2 aliphatic rings. The number of imidazole rings is 1. The van der Waals surface area contributed by atoms with Gasteiger partial charge in [-0.1, -0.05) is 17.8 Å². The van der Waals surface area contributed by atoms with Crippen molar-refractivity contribution >= 4 is 17.7 Å². The fourth-order valence-electron chi connectivity index (χ4n) is 3.97. The number of rotatable bonds is 7. The van der Waals surface area contributed by atoms with Crippen molar-refractivity contribution in [3.63, 3.8) is 0 Å². The molecule has 3 heterocycles. The van der Waals surface area contributed by atoms with Gasteiger partial charge in [0.2, 0.25) is 5.91 Å². The first-order chi connectivity index (χ1) is 14.2. The van der Waals surface area contributed by atoms with Gasteiger partial charge in [-0.15, -0.1) is 0 Å². The van der Waals surface area contributed by atoms with Gasteiger partial charge < -0.3 is 19.3 Å². The molecule has 1 aromatic heterocycles. The number of carbonyl (C=O) groups excluding carboxylic acids is 1. The third kappa shape index (κ3) is 5.12. The first-order valence-electron chi connectivity index (χ1n) is 10.3. The van der Waals surface area contributed by atoms with Crippen LogP contribution < -0.4 is 9.64 Å². The molecule has 156 valence electrons. The fourth-order valence-corrected chi connectivity index (χ4v) is 4.85. The van der Waals surface area contributed by atoms with Crippen molar-refractivity contribution in [1.82, 2.24) is 14.5 Å². The summed E-state index contributed by atoms with van der Waals surface area (Å²) in [5.41, 5.74) is 0.975. The van der Waals surface area contributed by atoms with Gasteiger partial charge in [0.05, 0.1) is 44.7 Å². The molecule has 29 heavy (non-hydrogen) atoms. The van der Waals surface area contributed by atoms with E-state index < -0.39 is 0 Å². The molecule has 0 spiro atoms. The molecular weight excluding hydrogens is 388 g/mol. The van der Waals surface area contributed by atoms with Crippen LogP contribution in [0.2, 0.25) is 0 Å². The number of ether oxygens (including phenoxy) is 2. The molecule has 0 aliphatic carbocycles. The van der Waals surface area contributed by atoms with E-state index in [2.05, 4.69) is 4.98 Å². The van der Waals surface area contributed by atoms with Gasteiger partial charge in [-0.25, -0.2) is 4.98 Å². The summed E-state index contributed by atoms with van der Waals surface area (Å²) < 4.78 is 13.0. The molecule has 1 N–H and O–H groups in total. The summed E-state index contributed by atoms with van der Waals surface area (Å²) in [6.45, 7) is 5.65. The molecular formula is C21H29N4O3S+. The largest absolute Gasteiger partial charge is 0.497 e. The molecule has 2 aromatic rings. The second-order valence-corrected chi connectivity index (χ2v) is 8.48. The average Bonchev–Trinajstić information content (AvgIpc) is 3.44. The van der Waals surface area contributed by atoms with Gasteiger partial charge in [-0.2, -0.15) is 0 Å². The van der Waals surface area contributed by atoms with Gasteiger partial charge in [0, 0.05) is 25.1 Å². The number of methoxy groups -OCH3 is 1. The maximum atomic E-state index is 12.7. The van der Waals surface area contributed by atoms with Crippen LogP contribution in [0.25, 0.3) is 5.69 Å². The molecule has 0 radical (unpaired) electrons. The number of benzene rings is 1. The van der Waals surface area contributed by atoms with Gasteiger partial charge in [0.1, 0.15) is 18.4 Å². The lowest BCUT2D eigenvalue weighted by Crippen LogP contribution is -3.15. The lowest BCUT2D eigenvalue weighted by Gasteiger charge is -2.33. The minimum absolute atomic E-state index is 0.186. The molecule has 1 atom stereocenters. The van der Waals surface area contributed by atoms with Crippen molar-refractivity contribution in [2.75, 3.05) is 52.2 Å². The third-order valence-electron chi connectivity index (χ3n) is 5.63. The summed E-state index contributed by atoms with van der Waals surface area (Å²) in [6, 6.07) is 7.83. The highest BCUT2D eigenvalue weighted by Crippen LogP contribution is 2.23. The first-order valence-corrected chi connectivity index (χ1v) is 11.2. The monoisotopic (exact) mass is 417 g/mol. The summed E-state index contributed by atoms with van der Waals surface area (Å²) in [7, 11) is 1.66. The smallest absolute Gasteiger partial charge is 0.233 e. The van der Waals surface area contributed by atoms with E-state index in [0.29, 0.717) is 11.9 Å². The van der Waals surface area contributed by atoms with E-state index in [0.717, 1.165) is 55.9 Å². The van der Waals surface area contributed by atoms with Crippen LogP contribution in [0.5, 0.6) is 5.75 Å².